The maximum atomic E-state index is 5.94. The molecule has 27 heavy (non-hydrogen) atoms. The van der Waals surface area contributed by atoms with Gasteiger partial charge in [-0.1, -0.05) is 0 Å². The fourth-order valence-corrected chi connectivity index (χ4v) is 2.81. The van der Waals surface area contributed by atoms with Crippen LogP contribution in [0.5, 0.6) is 11.5 Å². The number of nitrogens with one attached hydrogen (secondary N) is 1. The molecule has 0 amide bonds. The molecule has 0 aliphatic heterocycles. The number of hydrogen-bond donors (Lipinski definition) is 1. The van der Waals surface area contributed by atoms with Crippen molar-refractivity contribution in [2.24, 2.45) is 0 Å². The first-order valence-corrected chi connectivity index (χ1v) is 8.75. The summed E-state index contributed by atoms with van der Waals surface area (Å²) in [5, 5.41) is 6.93. The minimum atomic E-state index is 0.797. The van der Waals surface area contributed by atoms with Crippen molar-refractivity contribution in [2.45, 2.75) is 6.92 Å². The van der Waals surface area contributed by atoms with Crippen LogP contribution in [0.2, 0.25) is 0 Å². The van der Waals surface area contributed by atoms with Crippen molar-refractivity contribution in [1.29, 1.82) is 0 Å². The molecule has 0 spiro atoms. The van der Waals surface area contributed by atoms with Gasteiger partial charge in [-0.15, -0.1) is 0 Å². The molecule has 2 aromatic heterocycles. The molecular formula is C22H18BN3O. The average molecular weight is 351 g/mol. The fourth-order valence-electron chi connectivity index (χ4n) is 2.81. The fraction of sp³-hybridized carbons (Fsp3) is 0.0455. The molecule has 0 saturated heterocycles. The summed E-state index contributed by atoms with van der Waals surface area (Å²) in [6.45, 7) is 4.18. The Hall–Kier alpha value is -3.47. The van der Waals surface area contributed by atoms with E-state index in [2.05, 4.69) is 29.0 Å². The number of benzene rings is 2. The van der Waals surface area contributed by atoms with Crippen molar-refractivity contribution in [1.82, 2.24) is 15.2 Å². The van der Waals surface area contributed by atoms with Crippen molar-refractivity contribution in [3.63, 3.8) is 0 Å². The quantitative estimate of drug-likeness (QED) is 0.556. The number of ether oxygens (including phenoxy) is 1. The van der Waals surface area contributed by atoms with Crippen LogP contribution < -0.4 is 10.2 Å². The molecular weight excluding hydrogens is 333 g/mol. The summed E-state index contributed by atoms with van der Waals surface area (Å²) >= 11 is 0. The SMILES string of the molecule is CC(=Bc1ccc(Oc2ccc(-c3ccn[nH]3)cc2)cc1)c1ccccn1. The molecule has 0 atom stereocenters. The van der Waals surface area contributed by atoms with E-state index in [1.165, 1.54) is 0 Å². The molecule has 2 heterocycles. The molecule has 4 nitrogen and oxygen atoms in total. The van der Waals surface area contributed by atoms with Crippen LogP contribution in [0.15, 0.2) is 85.2 Å². The van der Waals surface area contributed by atoms with Crippen LogP contribution in [-0.2, 0) is 0 Å². The first-order valence-electron chi connectivity index (χ1n) is 8.75. The number of rotatable bonds is 5. The molecule has 0 bridgehead atoms. The topological polar surface area (TPSA) is 50.8 Å². The third kappa shape index (κ3) is 4.21. The van der Waals surface area contributed by atoms with Crippen LogP contribution in [0.25, 0.3) is 11.3 Å². The Bertz CT molecular complexity index is 1030. The zero-order valence-electron chi connectivity index (χ0n) is 15.0. The van der Waals surface area contributed by atoms with Gasteiger partial charge in [-0.2, -0.15) is 0 Å². The molecule has 0 aliphatic carbocycles. The van der Waals surface area contributed by atoms with E-state index in [1.807, 2.05) is 72.8 Å². The molecule has 2 aromatic carbocycles. The Morgan fingerprint density at radius 2 is 1.59 bits per heavy atom. The Morgan fingerprint density at radius 3 is 2.22 bits per heavy atom. The zero-order chi connectivity index (χ0) is 18.5. The summed E-state index contributed by atoms with van der Waals surface area (Å²) < 4.78 is 5.94. The summed E-state index contributed by atoms with van der Waals surface area (Å²) in [5.74, 6) is 1.60. The van der Waals surface area contributed by atoms with Crippen LogP contribution in [0.3, 0.4) is 0 Å². The van der Waals surface area contributed by atoms with E-state index in [1.54, 1.807) is 12.4 Å². The summed E-state index contributed by atoms with van der Waals surface area (Å²) in [6.07, 6.45) is 3.55. The van der Waals surface area contributed by atoms with Gasteiger partial charge in [0.2, 0.25) is 0 Å². The Balaban J connectivity index is 1.45. The zero-order valence-corrected chi connectivity index (χ0v) is 15.0. The second-order valence-corrected chi connectivity index (χ2v) is 6.21. The van der Waals surface area contributed by atoms with Gasteiger partial charge in [-0.05, 0) is 0 Å². The van der Waals surface area contributed by atoms with Gasteiger partial charge in [0.1, 0.15) is 0 Å². The Morgan fingerprint density at radius 1 is 0.852 bits per heavy atom. The number of nitrogens with zero attached hydrogens (tertiary/aromatic N) is 2. The van der Waals surface area contributed by atoms with Crippen molar-refractivity contribution in [3.8, 4) is 22.8 Å². The molecule has 0 radical (unpaired) electrons. The average Bonchev–Trinajstić information content (AvgIpc) is 3.26. The standard InChI is InChI=1S/C22H18BN3O/c1-16(21-4-2-3-14-24-21)23-18-7-11-20(12-8-18)27-19-9-5-17(6-10-19)22-13-15-25-26-22/h2-15H,1H3,(H,25,26). The van der Waals surface area contributed by atoms with E-state index < -0.39 is 0 Å². The molecule has 0 aliphatic rings. The van der Waals surface area contributed by atoms with Gasteiger partial charge in [0, 0.05) is 0 Å². The van der Waals surface area contributed by atoms with Crippen molar-refractivity contribution >= 4 is 17.8 Å². The normalized spacial score (nSPS) is 11.1. The number of hydrogen-bond acceptors (Lipinski definition) is 3. The summed E-state index contributed by atoms with van der Waals surface area (Å²) in [5.41, 5.74) is 5.28. The minimum absolute atomic E-state index is 0.797. The molecule has 0 fully saturated rings. The van der Waals surface area contributed by atoms with Crippen LogP contribution in [0.1, 0.15) is 12.6 Å². The molecule has 1 N–H and O–H groups in total. The van der Waals surface area contributed by atoms with Crippen LogP contribution in [-0.4, -0.2) is 27.6 Å². The van der Waals surface area contributed by atoms with E-state index in [-0.39, 0.29) is 0 Å². The van der Waals surface area contributed by atoms with E-state index in [0.717, 1.165) is 39.4 Å². The van der Waals surface area contributed by atoms with E-state index in [9.17, 15) is 0 Å². The van der Waals surface area contributed by atoms with Gasteiger partial charge >= 0.3 is 158 Å². The van der Waals surface area contributed by atoms with Gasteiger partial charge in [-0.25, -0.2) is 0 Å². The van der Waals surface area contributed by atoms with Crippen molar-refractivity contribution < 1.29 is 4.74 Å². The number of pyridine rings is 1. The Labute approximate surface area is 158 Å². The maximum absolute atomic E-state index is 5.94. The van der Waals surface area contributed by atoms with Gasteiger partial charge in [0.05, 0.1) is 0 Å². The van der Waals surface area contributed by atoms with Gasteiger partial charge in [-0.3, -0.25) is 0 Å². The summed E-state index contributed by atoms with van der Waals surface area (Å²) in [7, 11) is 0. The van der Waals surface area contributed by atoms with Crippen LogP contribution >= 0.6 is 0 Å². The number of aromatic nitrogens is 3. The van der Waals surface area contributed by atoms with Gasteiger partial charge < -0.3 is 0 Å². The van der Waals surface area contributed by atoms with Gasteiger partial charge in [0.25, 0.3) is 0 Å². The van der Waals surface area contributed by atoms with Crippen LogP contribution in [0, 0.1) is 0 Å². The number of H-pyrrole nitrogens is 1. The molecule has 4 rings (SSSR count). The molecule has 0 saturated carbocycles. The molecule has 0 unspecified atom stereocenters. The molecule has 130 valence electrons. The third-order valence-corrected chi connectivity index (χ3v) is 4.23. The number of aromatic amines is 1. The summed E-state index contributed by atoms with van der Waals surface area (Å²) in [4.78, 5) is 4.37. The third-order valence-electron chi connectivity index (χ3n) is 4.23. The predicted molar refractivity (Wildman–Crippen MR) is 110 cm³/mol. The van der Waals surface area contributed by atoms with Gasteiger partial charge in [0.15, 0.2) is 0 Å². The monoisotopic (exact) mass is 351 g/mol. The second-order valence-electron chi connectivity index (χ2n) is 6.21. The molecule has 4 aromatic rings. The van der Waals surface area contributed by atoms with E-state index in [0.29, 0.717) is 0 Å². The second kappa shape index (κ2) is 7.83. The summed E-state index contributed by atoms with van der Waals surface area (Å²) in [6, 6.07) is 23.8. The van der Waals surface area contributed by atoms with Crippen molar-refractivity contribution in [2.75, 3.05) is 0 Å². The Kier molecular flexibility index (Phi) is 4.92. The molecule has 5 heteroatoms. The van der Waals surface area contributed by atoms with E-state index >= 15 is 0 Å². The van der Waals surface area contributed by atoms with Crippen LogP contribution in [0.4, 0.5) is 0 Å². The first kappa shape index (κ1) is 17.0. The van der Waals surface area contributed by atoms with Crippen molar-refractivity contribution in [3.05, 3.63) is 90.9 Å². The van der Waals surface area contributed by atoms with E-state index in [4.69, 9.17) is 4.74 Å². The first-order chi connectivity index (χ1) is 13.3. The predicted octanol–water partition coefficient (Wildman–Crippen LogP) is 3.83.